The maximum absolute atomic E-state index is 13.7. The molecule has 31 heavy (non-hydrogen) atoms. The number of piperidine rings is 1. The van der Waals surface area contributed by atoms with Crippen LogP contribution in [0.5, 0.6) is 0 Å². The Morgan fingerprint density at radius 3 is 2.35 bits per heavy atom. The van der Waals surface area contributed by atoms with Gasteiger partial charge in [-0.2, -0.15) is 0 Å². The smallest absolute Gasteiger partial charge is 0.236 e. The lowest BCUT2D eigenvalue weighted by Crippen LogP contribution is -2.44. The molecular formula is C25H27N3O2S. The standard InChI is InChI=1S/C25H27N3O2S/c1-2-17-7-11-20(12-8-17)28(25-26-21-5-3-4-6-22(21)31-25)24(30)19-13-15-27(16-14-19)23(29)18-9-10-18/h3-8,11-12,18-19H,2,9-10,13-16H2,1H3. The number of carbonyl (C=O) groups is 2. The Kier molecular flexibility index (Phi) is 5.48. The molecule has 5 nitrogen and oxygen atoms in total. The summed E-state index contributed by atoms with van der Waals surface area (Å²) in [6.07, 6.45) is 4.44. The lowest BCUT2D eigenvalue weighted by atomic mass is 9.94. The first-order valence-corrected chi connectivity index (χ1v) is 12.0. The SMILES string of the molecule is CCc1ccc(N(C(=O)C2CCN(C(=O)C3CC3)CC2)c2nc3ccccc3s2)cc1. The molecule has 6 heteroatoms. The molecule has 2 aliphatic rings. The quantitative estimate of drug-likeness (QED) is 0.558. The van der Waals surface area contributed by atoms with Crippen LogP contribution in [0.3, 0.4) is 0 Å². The Morgan fingerprint density at radius 2 is 1.71 bits per heavy atom. The van der Waals surface area contributed by atoms with Crippen LogP contribution in [-0.2, 0) is 16.0 Å². The van der Waals surface area contributed by atoms with Crippen molar-refractivity contribution in [2.24, 2.45) is 11.8 Å². The fourth-order valence-corrected chi connectivity index (χ4v) is 5.28. The Morgan fingerprint density at radius 1 is 1.00 bits per heavy atom. The van der Waals surface area contributed by atoms with E-state index < -0.39 is 0 Å². The van der Waals surface area contributed by atoms with Crippen LogP contribution in [0.25, 0.3) is 10.2 Å². The van der Waals surface area contributed by atoms with Gasteiger partial charge in [0, 0.05) is 24.9 Å². The van der Waals surface area contributed by atoms with Gasteiger partial charge in [-0.15, -0.1) is 0 Å². The summed E-state index contributed by atoms with van der Waals surface area (Å²) >= 11 is 1.55. The van der Waals surface area contributed by atoms with Gasteiger partial charge in [0.1, 0.15) is 0 Å². The second-order valence-electron chi connectivity index (χ2n) is 8.53. The third-order valence-corrected chi connectivity index (χ3v) is 7.40. The van der Waals surface area contributed by atoms with E-state index in [1.54, 1.807) is 16.2 Å². The molecule has 0 N–H and O–H groups in total. The topological polar surface area (TPSA) is 53.5 Å². The van der Waals surface area contributed by atoms with Crippen molar-refractivity contribution in [1.82, 2.24) is 9.88 Å². The average molecular weight is 434 g/mol. The number of aryl methyl sites for hydroxylation is 1. The minimum Gasteiger partial charge on any atom is -0.342 e. The maximum atomic E-state index is 13.7. The summed E-state index contributed by atoms with van der Waals surface area (Å²) in [4.78, 5) is 34.7. The molecule has 1 saturated carbocycles. The van der Waals surface area contributed by atoms with Gasteiger partial charge >= 0.3 is 0 Å². The van der Waals surface area contributed by atoms with Crippen LogP contribution in [-0.4, -0.2) is 34.8 Å². The summed E-state index contributed by atoms with van der Waals surface area (Å²) < 4.78 is 1.07. The van der Waals surface area contributed by atoms with E-state index in [0.717, 1.165) is 35.2 Å². The number of hydrogen-bond acceptors (Lipinski definition) is 4. The highest BCUT2D eigenvalue weighted by atomic mass is 32.1. The largest absolute Gasteiger partial charge is 0.342 e. The van der Waals surface area contributed by atoms with Gasteiger partial charge in [0.2, 0.25) is 11.8 Å². The van der Waals surface area contributed by atoms with Crippen molar-refractivity contribution in [3.05, 3.63) is 54.1 Å². The summed E-state index contributed by atoms with van der Waals surface area (Å²) in [7, 11) is 0. The van der Waals surface area contributed by atoms with E-state index >= 15 is 0 Å². The van der Waals surface area contributed by atoms with Crippen LogP contribution < -0.4 is 4.90 Å². The number of nitrogens with zero attached hydrogens (tertiary/aromatic N) is 3. The van der Waals surface area contributed by atoms with Crippen molar-refractivity contribution < 1.29 is 9.59 Å². The number of likely N-dealkylation sites (tertiary alicyclic amines) is 1. The van der Waals surface area contributed by atoms with Gasteiger partial charge in [-0.3, -0.25) is 14.5 Å². The zero-order valence-corrected chi connectivity index (χ0v) is 18.6. The van der Waals surface area contributed by atoms with Crippen molar-refractivity contribution in [3.63, 3.8) is 0 Å². The van der Waals surface area contributed by atoms with Crippen LogP contribution in [0.15, 0.2) is 48.5 Å². The number of aromatic nitrogens is 1. The van der Waals surface area contributed by atoms with E-state index in [2.05, 4.69) is 19.1 Å². The highest BCUT2D eigenvalue weighted by Crippen LogP contribution is 2.37. The van der Waals surface area contributed by atoms with Gasteiger partial charge < -0.3 is 4.90 Å². The number of anilines is 2. The molecule has 0 spiro atoms. The minimum atomic E-state index is -0.0962. The number of benzene rings is 2. The average Bonchev–Trinajstić information content (AvgIpc) is 3.58. The van der Waals surface area contributed by atoms with Crippen molar-refractivity contribution >= 4 is 44.2 Å². The molecule has 1 aliphatic carbocycles. The maximum Gasteiger partial charge on any atom is 0.236 e. The van der Waals surface area contributed by atoms with Crippen LogP contribution in [0, 0.1) is 11.8 Å². The highest BCUT2D eigenvalue weighted by Gasteiger charge is 2.37. The molecule has 2 heterocycles. The third kappa shape index (κ3) is 4.09. The molecule has 1 saturated heterocycles. The van der Waals surface area contributed by atoms with Crippen LogP contribution in [0.1, 0.15) is 38.2 Å². The van der Waals surface area contributed by atoms with Crippen molar-refractivity contribution in [2.45, 2.75) is 39.0 Å². The number of para-hydroxylation sites is 1. The molecule has 1 aromatic heterocycles. The molecule has 0 radical (unpaired) electrons. The van der Waals surface area contributed by atoms with Crippen LogP contribution >= 0.6 is 11.3 Å². The van der Waals surface area contributed by atoms with E-state index in [9.17, 15) is 9.59 Å². The van der Waals surface area contributed by atoms with E-state index in [1.165, 1.54) is 5.56 Å². The predicted molar refractivity (Wildman–Crippen MR) is 125 cm³/mol. The molecular weight excluding hydrogens is 406 g/mol. The highest BCUT2D eigenvalue weighted by molar-refractivity contribution is 7.22. The van der Waals surface area contributed by atoms with Crippen LogP contribution in [0.2, 0.25) is 0 Å². The lowest BCUT2D eigenvalue weighted by molar-refractivity contribution is -0.135. The number of rotatable bonds is 5. The van der Waals surface area contributed by atoms with Gasteiger partial charge in [0.25, 0.3) is 0 Å². The first kappa shape index (κ1) is 20.2. The number of carbonyl (C=O) groups excluding carboxylic acids is 2. The van der Waals surface area contributed by atoms with Crippen molar-refractivity contribution in [1.29, 1.82) is 0 Å². The zero-order chi connectivity index (χ0) is 21.4. The molecule has 0 bridgehead atoms. The van der Waals surface area contributed by atoms with Gasteiger partial charge in [-0.05, 0) is 61.9 Å². The van der Waals surface area contributed by atoms with Gasteiger partial charge in [-0.1, -0.05) is 42.5 Å². The summed E-state index contributed by atoms with van der Waals surface area (Å²) in [6, 6.07) is 16.2. The van der Waals surface area contributed by atoms with Crippen molar-refractivity contribution in [2.75, 3.05) is 18.0 Å². The number of amides is 2. The first-order valence-electron chi connectivity index (χ1n) is 11.2. The molecule has 0 atom stereocenters. The van der Waals surface area contributed by atoms with E-state index in [-0.39, 0.29) is 23.7 Å². The Balaban J connectivity index is 1.42. The fraction of sp³-hybridized carbons (Fsp3) is 0.400. The Bertz CT molecular complexity index is 1060. The normalized spacial score (nSPS) is 17.1. The van der Waals surface area contributed by atoms with Gasteiger partial charge in [-0.25, -0.2) is 4.98 Å². The van der Waals surface area contributed by atoms with E-state index in [4.69, 9.17) is 4.98 Å². The zero-order valence-electron chi connectivity index (χ0n) is 17.8. The molecule has 1 aliphatic heterocycles. The third-order valence-electron chi connectivity index (χ3n) is 6.38. The van der Waals surface area contributed by atoms with E-state index in [1.807, 2.05) is 41.3 Å². The monoisotopic (exact) mass is 433 g/mol. The summed E-state index contributed by atoms with van der Waals surface area (Å²) in [5.41, 5.74) is 3.01. The molecule has 2 fully saturated rings. The second kappa shape index (κ2) is 8.42. The summed E-state index contributed by atoms with van der Waals surface area (Å²) in [5.74, 6) is 0.510. The molecule has 5 rings (SSSR count). The number of thiazole rings is 1. The Labute approximate surface area is 186 Å². The fourth-order valence-electron chi connectivity index (χ4n) is 4.29. The van der Waals surface area contributed by atoms with Gasteiger partial charge in [0.05, 0.1) is 15.9 Å². The summed E-state index contributed by atoms with van der Waals surface area (Å²) in [6.45, 7) is 3.48. The first-order chi connectivity index (χ1) is 15.1. The van der Waals surface area contributed by atoms with Gasteiger partial charge in [0.15, 0.2) is 5.13 Å². The molecule has 2 amide bonds. The minimum absolute atomic E-state index is 0.0850. The molecule has 0 unspecified atom stereocenters. The lowest BCUT2D eigenvalue weighted by Gasteiger charge is -2.33. The predicted octanol–water partition coefficient (Wildman–Crippen LogP) is 5.17. The summed E-state index contributed by atoms with van der Waals surface area (Å²) in [5, 5.41) is 0.715. The molecule has 160 valence electrons. The second-order valence-corrected chi connectivity index (χ2v) is 9.54. The van der Waals surface area contributed by atoms with Crippen molar-refractivity contribution in [3.8, 4) is 0 Å². The number of hydrogen-bond donors (Lipinski definition) is 0. The molecule has 2 aromatic carbocycles. The molecule has 3 aromatic rings. The Hall–Kier alpha value is -2.73. The number of fused-ring (bicyclic) bond motifs is 1. The van der Waals surface area contributed by atoms with Crippen LogP contribution in [0.4, 0.5) is 10.8 Å². The van der Waals surface area contributed by atoms with E-state index in [0.29, 0.717) is 31.1 Å².